The van der Waals surface area contributed by atoms with Gasteiger partial charge in [0.2, 0.25) is 0 Å². The first-order valence-corrected chi connectivity index (χ1v) is 6.36. The highest BCUT2D eigenvalue weighted by molar-refractivity contribution is 6.12. The van der Waals surface area contributed by atoms with Crippen molar-refractivity contribution in [2.45, 2.75) is 0 Å². The second-order valence-electron chi connectivity index (χ2n) is 4.55. The molecule has 3 nitrogen and oxygen atoms in total. The van der Waals surface area contributed by atoms with Gasteiger partial charge in [0.1, 0.15) is 0 Å². The molecule has 0 bridgehead atoms. The number of halogens is 3. The van der Waals surface area contributed by atoms with Crippen molar-refractivity contribution in [3.05, 3.63) is 71.7 Å². The van der Waals surface area contributed by atoms with Gasteiger partial charge >= 0.3 is 0 Å². The molecule has 110 valence electrons. The molecule has 0 spiro atoms. The van der Waals surface area contributed by atoms with Gasteiger partial charge in [0.05, 0.1) is 11.2 Å². The highest BCUT2D eigenvalue weighted by Crippen LogP contribution is 2.22. The summed E-state index contributed by atoms with van der Waals surface area (Å²) in [5, 5.41) is 2.81. The van der Waals surface area contributed by atoms with Crippen LogP contribution in [0.2, 0.25) is 0 Å². The van der Waals surface area contributed by atoms with Crippen molar-refractivity contribution in [2.24, 2.45) is 0 Å². The number of carbonyl (C=O) groups is 1. The SMILES string of the molecule is O=C(Nc1ccc(F)c(F)c1F)c1cccc2ncccc12. The predicted octanol–water partition coefficient (Wildman–Crippen LogP) is 3.90. The fraction of sp³-hybridized carbons (Fsp3) is 0. The first kappa shape index (κ1) is 14.1. The van der Waals surface area contributed by atoms with E-state index < -0.39 is 29.0 Å². The van der Waals surface area contributed by atoms with Gasteiger partial charge in [-0.1, -0.05) is 12.1 Å². The molecule has 0 unspecified atom stereocenters. The van der Waals surface area contributed by atoms with Gasteiger partial charge in [0.15, 0.2) is 17.5 Å². The second kappa shape index (κ2) is 5.48. The minimum absolute atomic E-state index is 0.259. The Morgan fingerprint density at radius 3 is 2.59 bits per heavy atom. The van der Waals surface area contributed by atoms with Crippen LogP contribution in [0.25, 0.3) is 10.9 Å². The van der Waals surface area contributed by atoms with Crippen LogP contribution < -0.4 is 5.32 Å². The number of benzene rings is 2. The van der Waals surface area contributed by atoms with Crippen molar-refractivity contribution < 1.29 is 18.0 Å². The first-order valence-electron chi connectivity index (χ1n) is 6.36. The van der Waals surface area contributed by atoms with Crippen LogP contribution in [0.1, 0.15) is 10.4 Å². The van der Waals surface area contributed by atoms with Crippen LogP contribution >= 0.6 is 0 Å². The molecule has 1 aromatic heterocycles. The zero-order valence-corrected chi connectivity index (χ0v) is 11.1. The molecule has 3 aromatic rings. The smallest absolute Gasteiger partial charge is 0.256 e. The Morgan fingerprint density at radius 1 is 0.955 bits per heavy atom. The average molecular weight is 302 g/mol. The van der Waals surface area contributed by atoms with E-state index in [-0.39, 0.29) is 5.56 Å². The minimum atomic E-state index is -1.63. The molecule has 3 rings (SSSR count). The third-order valence-corrected chi connectivity index (χ3v) is 3.17. The molecular weight excluding hydrogens is 293 g/mol. The van der Waals surface area contributed by atoms with Crippen molar-refractivity contribution in [3.8, 4) is 0 Å². The summed E-state index contributed by atoms with van der Waals surface area (Å²) < 4.78 is 39.7. The number of rotatable bonds is 2. The van der Waals surface area contributed by atoms with Crippen LogP contribution in [0.15, 0.2) is 48.7 Å². The standard InChI is InChI=1S/C16H9F3N2O/c17-11-6-7-13(15(19)14(11)18)21-16(22)10-3-1-5-12-9(10)4-2-8-20-12/h1-8H,(H,21,22). The summed E-state index contributed by atoms with van der Waals surface area (Å²) in [6.45, 7) is 0. The minimum Gasteiger partial charge on any atom is -0.319 e. The maximum Gasteiger partial charge on any atom is 0.256 e. The molecule has 1 N–H and O–H groups in total. The van der Waals surface area contributed by atoms with E-state index in [0.29, 0.717) is 10.9 Å². The maximum atomic E-state index is 13.6. The first-order chi connectivity index (χ1) is 10.6. The number of anilines is 1. The molecule has 0 saturated heterocycles. The van der Waals surface area contributed by atoms with E-state index in [4.69, 9.17) is 0 Å². The number of pyridine rings is 1. The average Bonchev–Trinajstić information content (AvgIpc) is 2.55. The quantitative estimate of drug-likeness (QED) is 0.729. The van der Waals surface area contributed by atoms with E-state index in [2.05, 4.69) is 10.3 Å². The fourth-order valence-corrected chi connectivity index (χ4v) is 2.11. The number of amides is 1. The molecule has 1 heterocycles. The zero-order valence-electron chi connectivity index (χ0n) is 11.1. The van der Waals surface area contributed by atoms with Crippen LogP contribution in [-0.2, 0) is 0 Å². The maximum absolute atomic E-state index is 13.6. The summed E-state index contributed by atoms with van der Waals surface area (Å²) in [6, 6.07) is 9.97. The molecule has 1 amide bonds. The predicted molar refractivity (Wildman–Crippen MR) is 76.0 cm³/mol. The summed E-state index contributed by atoms with van der Waals surface area (Å²) >= 11 is 0. The Labute approximate surface area is 123 Å². The lowest BCUT2D eigenvalue weighted by atomic mass is 10.1. The molecule has 0 fully saturated rings. The number of aromatic nitrogens is 1. The van der Waals surface area contributed by atoms with Crippen LogP contribution in [0.5, 0.6) is 0 Å². The van der Waals surface area contributed by atoms with Crippen molar-refractivity contribution >= 4 is 22.5 Å². The topological polar surface area (TPSA) is 42.0 Å². The summed E-state index contributed by atoms with van der Waals surface area (Å²) in [5.41, 5.74) is 0.431. The molecule has 6 heteroatoms. The third-order valence-electron chi connectivity index (χ3n) is 3.17. The van der Waals surface area contributed by atoms with Crippen LogP contribution in [-0.4, -0.2) is 10.9 Å². The van der Waals surface area contributed by atoms with Gasteiger partial charge in [-0.2, -0.15) is 0 Å². The van der Waals surface area contributed by atoms with Crippen LogP contribution in [0.4, 0.5) is 18.9 Å². The lowest BCUT2D eigenvalue weighted by Gasteiger charge is -2.09. The molecule has 0 saturated carbocycles. The van der Waals surface area contributed by atoms with E-state index in [1.165, 1.54) is 6.07 Å². The van der Waals surface area contributed by atoms with Gasteiger partial charge in [-0.3, -0.25) is 9.78 Å². The van der Waals surface area contributed by atoms with Gasteiger partial charge in [0, 0.05) is 17.1 Å². The van der Waals surface area contributed by atoms with Crippen molar-refractivity contribution in [1.29, 1.82) is 0 Å². The molecule has 0 aliphatic rings. The van der Waals surface area contributed by atoms with Gasteiger partial charge in [-0.05, 0) is 30.3 Å². The van der Waals surface area contributed by atoms with E-state index in [1.807, 2.05) is 0 Å². The molecule has 0 aliphatic heterocycles. The van der Waals surface area contributed by atoms with Crippen molar-refractivity contribution in [3.63, 3.8) is 0 Å². The summed E-state index contributed by atoms with van der Waals surface area (Å²) in [4.78, 5) is 16.4. The Hall–Kier alpha value is -2.89. The lowest BCUT2D eigenvalue weighted by Crippen LogP contribution is -2.14. The van der Waals surface area contributed by atoms with Crippen molar-refractivity contribution in [2.75, 3.05) is 5.32 Å². The van der Waals surface area contributed by atoms with Gasteiger partial charge < -0.3 is 5.32 Å². The number of hydrogen-bond acceptors (Lipinski definition) is 2. The lowest BCUT2D eigenvalue weighted by molar-refractivity contribution is 0.102. The van der Waals surface area contributed by atoms with Gasteiger partial charge in [-0.25, -0.2) is 13.2 Å². The van der Waals surface area contributed by atoms with Gasteiger partial charge in [-0.15, -0.1) is 0 Å². The highest BCUT2D eigenvalue weighted by atomic mass is 19.2. The molecular formula is C16H9F3N2O. The Kier molecular flexibility index (Phi) is 3.50. The highest BCUT2D eigenvalue weighted by Gasteiger charge is 2.17. The summed E-state index contributed by atoms with van der Waals surface area (Å²) in [7, 11) is 0. The van der Waals surface area contributed by atoms with Crippen LogP contribution in [0.3, 0.4) is 0 Å². The Bertz CT molecular complexity index is 875. The number of fused-ring (bicyclic) bond motifs is 1. The monoisotopic (exact) mass is 302 g/mol. The largest absolute Gasteiger partial charge is 0.319 e. The van der Waals surface area contributed by atoms with E-state index in [0.717, 1.165) is 12.1 Å². The molecule has 22 heavy (non-hydrogen) atoms. The van der Waals surface area contributed by atoms with Crippen molar-refractivity contribution in [1.82, 2.24) is 4.98 Å². The number of carbonyl (C=O) groups excluding carboxylic acids is 1. The zero-order chi connectivity index (χ0) is 15.7. The summed E-state index contributed by atoms with van der Waals surface area (Å²) in [5.74, 6) is -5.02. The molecule has 0 aliphatic carbocycles. The number of nitrogens with one attached hydrogen (secondary N) is 1. The Balaban J connectivity index is 1.99. The second-order valence-corrected chi connectivity index (χ2v) is 4.55. The van der Waals surface area contributed by atoms with E-state index >= 15 is 0 Å². The number of nitrogens with zero attached hydrogens (tertiary/aromatic N) is 1. The third kappa shape index (κ3) is 2.39. The fourth-order valence-electron chi connectivity index (χ4n) is 2.11. The summed E-state index contributed by atoms with van der Waals surface area (Å²) in [6.07, 6.45) is 1.58. The molecule has 0 radical (unpaired) electrons. The molecule has 0 atom stereocenters. The van der Waals surface area contributed by atoms with Crippen LogP contribution in [0, 0.1) is 17.5 Å². The molecule has 2 aromatic carbocycles. The normalized spacial score (nSPS) is 10.7. The van der Waals surface area contributed by atoms with E-state index in [9.17, 15) is 18.0 Å². The Morgan fingerprint density at radius 2 is 1.77 bits per heavy atom. The number of hydrogen-bond donors (Lipinski definition) is 1. The van der Waals surface area contributed by atoms with E-state index in [1.54, 1.807) is 30.5 Å². The van der Waals surface area contributed by atoms with Gasteiger partial charge in [0.25, 0.3) is 5.91 Å².